The molecule has 0 spiro atoms. The van der Waals surface area contributed by atoms with Gasteiger partial charge in [-0.2, -0.15) is 4.31 Å². The van der Waals surface area contributed by atoms with Crippen LogP contribution in [0, 0.1) is 10.1 Å². The summed E-state index contributed by atoms with van der Waals surface area (Å²) in [5, 5.41) is 18.0. The first-order chi connectivity index (χ1) is 23.8. The summed E-state index contributed by atoms with van der Waals surface area (Å²) in [5.74, 6) is -0.456. The number of nitro groups is 1. The summed E-state index contributed by atoms with van der Waals surface area (Å²) in [6, 6.07) is 18.5. The number of amides is 3. The summed E-state index contributed by atoms with van der Waals surface area (Å²) >= 11 is 18.7. The van der Waals surface area contributed by atoms with E-state index in [2.05, 4.69) is 22.1 Å². The second-order valence-electron chi connectivity index (χ2n) is 11.0. The van der Waals surface area contributed by atoms with Gasteiger partial charge < -0.3 is 20.4 Å². The summed E-state index contributed by atoms with van der Waals surface area (Å²) in [5.41, 5.74) is 1.57. The van der Waals surface area contributed by atoms with Crippen LogP contribution in [0.3, 0.4) is 0 Å². The number of allylic oxidation sites excluding steroid dienone is 4. The number of nitrogens with zero attached hydrogens (tertiary/aromatic N) is 4. The topological polar surface area (TPSA) is 145 Å². The van der Waals surface area contributed by atoms with Gasteiger partial charge in [-0.15, -0.1) is 0 Å². The summed E-state index contributed by atoms with van der Waals surface area (Å²) in [6.07, 6.45) is 2.79. The van der Waals surface area contributed by atoms with Crippen LogP contribution in [0.5, 0.6) is 0 Å². The molecule has 0 radical (unpaired) electrons. The Balaban J connectivity index is 1.38. The van der Waals surface area contributed by atoms with Gasteiger partial charge in [0.2, 0.25) is 15.9 Å². The Kier molecular flexibility index (Phi) is 13.4. The van der Waals surface area contributed by atoms with Crippen molar-refractivity contribution < 1.29 is 22.9 Å². The Labute approximate surface area is 305 Å². The zero-order valence-corrected chi connectivity index (χ0v) is 30.1. The van der Waals surface area contributed by atoms with E-state index in [1.807, 2.05) is 12.1 Å². The molecule has 1 saturated heterocycles. The lowest BCUT2D eigenvalue weighted by Gasteiger charge is -2.36. The maximum Gasteiger partial charge on any atom is 0.322 e. The van der Waals surface area contributed by atoms with E-state index < -0.39 is 31.4 Å². The second-order valence-corrected chi connectivity index (χ2v) is 14.1. The van der Waals surface area contributed by atoms with Crippen LogP contribution in [0.1, 0.15) is 18.9 Å². The van der Waals surface area contributed by atoms with Crippen LogP contribution in [-0.2, 0) is 21.4 Å². The monoisotopic (exact) mass is 760 g/mol. The number of para-hydroxylation sites is 1. The number of hydrogen-bond acceptors (Lipinski definition) is 7. The molecule has 4 rings (SSSR count). The van der Waals surface area contributed by atoms with Crippen molar-refractivity contribution >= 4 is 73.8 Å². The highest BCUT2D eigenvalue weighted by Crippen LogP contribution is 2.29. The van der Waals surface area contributed by atoms with Crippen LogP contribution in [0.2, 0.25) is 5.02 Å². The first kappa shape index (κ1) is 38.4. The third kappa shape index (κ3) is 9.64. The molecule has 264 valence electrons. The Morgan fingerprint density at radius 2 is 1.64 bits per heavy atom. The molecule has 3 aromatic carbocycles. The van der Waals surface area contributed by atoms with Crippen molar-refractivity contribution in [3.05, 3.63) is 128 Å². The van der Waals surface area contributed by atoms with E-state index in [0.717, 1.165) is 22.1 Å². The van der Waals surface area contributed by atoms with E-state index in [4.69, 9.17) is 34.8 Å². The van der Waals surface area contributed by atoms with E-state index in [9.17, 15) is 28.1 Å². The fraction of sp³-hybridized carbons (Fsp3) is 0.235. The smallest absolute Gasteiger partial charge is 0.322 e. The van der Waals surface area contributed by atoms with Crippen molar-refractivity contribution in [2.75, 3.05) is 42.9 Å². The molecular formula is C34H35Cl3N6O6S. The number of hydrogen-bond donors (Lipinski definition) is 2. The Morgan fingerprint density at radius 1 is 1.00 bits per heavy atom. The summed E-state index contributed by atoms with van der Waals surface area (Å²) < 4.78 is 28.4. The SMILES string of the molecule is C=C/C(Cl)=C(NC(=O)N1CCN(c2ccc(NC(=O)CCN(Cc3ccccc3Cl)S(=O)(=O)c3ccccc3[N+](=O)[O-])cc2)CC1)\C(Cl)=C/C. The summed E-state index contributed by atoms with van der Waals surface area (Å²) in [6.45, 7) is 6.88. The average molecular weight is 762 g/mol. The number of anilines is 2. The minimum Gasteiger partial charge on any atom is -0.368 e. The highest BCUT2D eigenvalue weighted by molar-refractivity contribution is 7.89. The van der Waals surface area contributed by atoms with Gasteiger partial charge in [-0.3, -0.25) is 14.9 Å². The molecule has 1 aliphatic heterocycles. The van der Waals surface area contributed by atoms with E-state index in [1.165, 1.54) is 18.2 Å². The lowest BCUT2D eigenvalue weighted by molar-refractivity contribution is -0.387. The van der Waals surface area contributed by atoms with Crippen LogP contribution in [-0.4, -0.2) is 67.2 Å². The predicted octanol–water partition coefficient (Wildman–Crippen LogP) is 7.08. The molecule has 50 heavy (non-hydrogen) atoms. The van der Waals surface area contributed by atoms with Gasteiger partial charge in [0.25, 0.3) is 5.69 Å². The van der Waals surface area contributed by atoms with Crippen LogP contribution in [0.15, 0.2) is 112 Å². The predicted molar refractivity (Wildman–Crippen MR) is 197 cm³/mol. The molecule has 0 unspecified atom stereocenters. The highest BCUT2D eigenvalue weighted by Gasteiger charge is 2.32. The highest BCUT2D eigenvalue weighted by atomic mass is 35.5. The minimum absolute atomic E-state index is 0.199. The molecule has 12 nitrogen and oxygen atoms in total. The maximum absolute atomic E-state index is 13.7. The van der Waals surface area contributed by atoms with Crippen LogP contribution in [0.25, 0.3) is 0 Å². The van der Waals surface area contributed by atoms with Gasteiger partial charge in [0.15, 0.2) is 4.90 Å². The molecule has 0 atom stereocenters. The third-order valence-electron chi connectivity index (χ3n) is 7.80. The number of carbonyl (C=O) groups is 2. The molecule has 0 aliphatic carbocycles. The van der Waals surface area contributed by atoms with Gasteiger partial charge in [-0.25, -0.2) is 13.2 Å². The number of benzene rings is 3. The molecule has 1 heterocycles. The van der Waals surface area contributed by atoms with Crippen molar-refractivity contribution in [2.24, 2.45) is 0 Å². The quantitative estimate of drug-likeness (QED) is 0.108. The van der Waals surface area contributed by atoms with Gasteiger partial charge in [0.1, 0.15) is 0 Å². The number of halogens is 3. The number of nitrogens with one attached hydrogen (secondary N) is 2. The summed E-state index contributed by atoms with van der Waals surface area (Å²) in [7, 11) is -4.41. The molecule has 16 heteroatoms. The first-order valence-electron chi connectivity index (χ1n) is 15.4. The van der Waals surface area contributed by atoms with Crippen molar-refractivity contribution in [1.82, 2.24) is 14.5 Å². The molecular weight excluding hydrogens is 727 g/mol. The molecule has 0 saturated carbocycles. The van der Waals surface area contributed by atoms with Crippen LogP contribution < -0.4 is 15.5 Å². The third-order valence-corrected chi connectivity index (χ3v) is 10.8. The van der Waals surface area contributed by atoms with Crippen molar-refractivity contribution in [2.45, 2.75) is 24.8 Å². The van der Waals surface area contributed by atoms with Gasteiger partial charge in [-0.05, 0) is 55.0 Å². The average Bonchev–Trinajstić information content (AvgIpc) is 3.12. The number of rotatable bonds is 13. The zero-order valence-electron chi connectivity index (χ0n) is 27.0. The Morgan fingerprint density at radius 3 is 2.26 bits per heavy atom. The molecule has 1 fully saturated rings. The Hall–Kier alpha value is -4.40. The van der Waals surface area contributed by atoms with E-state index in [0.29, 0.717) is 47.5 Å². The van der Waals surface area contributed by atoms with E-state index in [-0.39, 0.29) is 36.3 Å². The maximum atomic E-state index is 13.7. The Bertz CT molecular complexity index is 1910. The summed E-state index contributed by atoms with van der Waals surface area (Å²) in [4.78, 5) is 40.0. The van der Waals surface area contributed by atoms with Crippen molar-refractivity contribution in [1.29, 1.82) is 0 Å². The molecule has 0 aromatic heterocycles. The number of piperazine rings is 1. The van der Waals surface area contributed by atoms with Gasteiger partial charge in [0.05, 0.1) is 20.7 Å². The van der Waals surface area contributed by atoms with E-state index >= 15 is 0 Å². The standard InChI is InChI=1S/C34H35Cl3N6O6S/c1-3-27(35)33(28(36)4-2)39-34(45)41-21-19-40(20-22-41)26-15-13-25(14-16-26)38-32(44)17-18-42(23-24-9-5-6-10-29(24)37)50(48,49)31-12-8-7-11-30(31)43(46)47/h3-16H,1,17-23H2,2H3,(H,38,44)(H,39,45)/b28-4+,33-27-. The van der Waals surface area contributed by atoms with Crippen molar-refractivity contribution in [3.63, 3.8) is 0 Å². The fourth-order valence-corrected chi connectivity index (χ4v) is 7.22. The minimum atomic E-state index is -4.41. The van der Waals surface area contributed by atoms with Crippen LogP contribution in [0.4, 0.5) is 21.9 Å². The van der Waals surface area contributed by atoms with Gasteiger partial charge >= 0.3 is 6.03 Å². The number of nitro benzene ring substituents is 1. The largest absolute Gasteiger partial charge is 0.368 e. The number of urea groups is 1. The fourth-order valence-electron chi connectivity index (χ4n) is 5.10. The van der Waals surface area contributed by atoms with Crippen LogP contribution >= 0.6 is 34.8 Å². The molecule has 1 aliphatic rings. The number of carbonyl (C=O) groups excluding carboxylic acids is 2. The first-order valence-corrected chi connectivity index (χ1v) is 17.9. The lowest BCUT2D eigenvalue weighted by atomic mass is 10.2. The van der Waals surface area contributed by atoms with Gasteiger partial charge in [0, 0.05) is 68.2 Å². The molecule has 2 N–H and O–H groups in total. The number of sulfonamides is 1. The zero-order chi connectivity index (χ0) is 36.4. The molecule has 0 bridgehead atoms. The van der Waals surface area contributed by atoms with Gasteiger partial charge in [-0.1, -0.05) is 77.8 Å². The second kappa shape index (κ2) is 17.5. The van der Waals surface area contributed by atoms with E-state index in [1.54, 1.807) is 54.3 Å². The normalized spacial score (nSPS) is 14.2. The molecule has 3 amide bonds. The molecule has 3 aromatic rings. The lowest BCUT2D eigenvalue weighted by Crippen LogP contribution is -2.51. The van der Waals surface area contributed by atoms with Crippen molar-refractivity contribution in [3.8, 4) is 0 Å².